The lowest BCUT2D eigenvalue weighted by Crippen LogP contribution is -2.71. The van der Waals surface area contributed by atoms with Crippen molar-refractivity contribution in [2.75, 3.05) is 106 Å². The van der Waals surface area contributed by atoms with Gasteiger partial charge in [-0.15, -0.1) is 0 Å². The number of allylic oxidation sites excluding steroid dienone is 4. The lowest BCUT2D eigenvalue weighted by Gasteiger charge is -2.73. The Morgan fingerprint density at radius 1 is 0.462 bits per heavy atom. The number of carbonyl (C=O) groups is 8. The van der Waals surface area contributed by atoms with Crippen molar-refractivity contribution in [3.63, 3.8) is 0 Å². The Morgan fingerprint density at radius 3 is 1.52 bits per heavy atom. The Hall–Kier alpha value is -5.04. The third-order valence-corrected chi connectivity index (χ3v) is 37.1. The highest BCUT2D eigenvalue weighted by Gasteiger charge is 3.13. The van der Waals surface area contributed by atoms with Gasteiger partial charge in [0.15, 0.2) is 36.4 Å². The number of fused-ring (bicyclic) bond motifs is 1. The molecule has 20 rings (SSSR count). The van der Waals surface area contributed by atoms with Gasteiger partial charge in [0.25, 0.3) is 17.7 Å². The molecule has 0 saturated heterocycles. The number of hydrogen-bond acceptors (Lipinski definition) is 24. The van der Waals surface area contributed by atoms with Crippen LogP contribution in [0.15, 0.2) is 23.8 Å². The predicted octanol–water partition coefficient (Wildman–Crippen LogP) is -2.73. The second-order valence-corrected chi connectivity index (χ2v) is 38.8. The third kappa shape index (κ3) is 7.33. The van der Waals surface area contributed by atoms with Crippen LogP contribution < -0.4 is 16.0 Å². The van der Waals surface area contributed by atoms with Crippen LogP contribution in [-0.2, 0) is 57.3 Å². The molecule has 18 fully saturated rings. The number of nitrogens with one attached hydrogen (secondary N) is 3. The van der Waals surface area contributed by atoms with Crippen molar-refractivity contribution in [3.05, 3.63) is 23.8 Å². The topological polar surface area (TPSA) is 452 Å². The molecule has 27 heteroatoms. The summed E-state index contributed by atoms with van der Waals surface area (Å²) in [5.41, 5.74) is -14.4. The van der Waals surface area contributed by atoms with Crippen LogP contribution in [0, 0.1) is 215 Å². The largest absolute Gasteiger partial charge is 0.457 e. The van der Waals surface area contributed by atoms with E-state index in [1.54, 1.807) is 6.92 Å². The van der Waals surface area contributed by atoms with E-state index in [4.69, 9.17) is 18.9 Å². The quantitative estimate of drug-likeness (QED) is 0.0150. The SMILES string of the molecule is CC(C(=O)OCC(=O)NC(CO)(CO)CO)(C(=O)OCC(=O)NC(CO)(CO)CO)C12CCC3CC4CC5C=CC67CC8CC9=CC%10CC%11CCC1C1C%11C%11C%10C%10C%12C%13C%11C1C1C%11C%13C%13C(C4C%11C3C12)C5C6C%13C%12C1(C9%10)C(C(=O)OCC(=O)CC(CO)(CO)CO)(C(=O)OCC(=O)NC(CO)(CO)CO)C871. The number of amides is 3. The van der Waals surface area contributed by atoms with Crippen molar-refractivity contribution in [2.24, 2.45) is 215 Å². The zero-order valence-electron chi connectivity index (χ0n) is 59.7. The van der Waals surface area contributed by atoms with E-state index in [9.17, 15) is 80.5 Å². The smallest absolute Gasteiger partial charge is 0.325 e. The summed E-state index contributed by atoms with van der Waals surface area (Å²) in [7, 11) is 0. The molecule has 0 radical (unpaired) electrons. The first-order chi connectivity index (χ1) is 51.0. The van der Waals surface area contributed by atoms with Crippen molar-refractivity contribution in [2.45, 2.75) is 87.7 Å². The maximum Gasteiger partial charge on any atom is 0.325 e. The van der Waals surface area contributed by atoms with Crippen LogP contribution in [0.4, 0.5) is 0 Å². The minimum atomic E-state index is -2.19. The fourth-order valence-corrected chi connectivity index (χ4v) is 35.8. The summed E-state index contributed by atoms with van der Waals surface area (Å²) in [6.07, 6.45) is 13.8. The van der Waals surface area contributed by atoms with Crippen molar-refractivity contribution in [1.29, 1.82) is 0 Å². The molecule has 3 amide bonds. The van der Waals surface area contributed by atoms with E-state index in [1.807, 2.05) is 0 Å². The standard InChI is InChI=1S/C79H103N3O24/c1-70(66(99)104-16-40(96)80-72(22-86,23-87)24-88,67(100)105-17-41(97)81-73(25-89,26-90)27-91)76-7-5-33-10-34-9-32-4-6-75-13-37-12-36-11-35-8-31-2-3-39(76)48-43(31)49-45(35)58-60-56-53(49)52(48)59-55-51(47(33)64(59)76)44(34)50-46(32)63(75)61(57(50)54(55)56)65(60)77(62(36)58)78(79(37,75)77,68(101)103-15-38(95)14-71(19-83,20-84)21-85)69(102)106-18-42(98)82-74(28-92,29-93)30-94/h4,6,11,31-35,37,39,43-65,83-94H,2-3,5,7-10,12-30H2,1H3,(H,80,96)(H,81,97)(H,82,98). The molecular weight excluding hydrogens is 1370 g/mol. The molecule has 0 heterocycles. The second-order valence-electron chi connectivity index (χ2n) is 38.8. The fraction of sp³-hybridized carbons (Fsp3) is 0.848. The molecule has 0 aromatic carbocycles. The summed E-state index contributed by atoms with van der Waals surface area (Å²) >= 11 is 0. The number of hydrogen-bond donors (Lipinski definition) is 15. The maximum absolute atomic E-state index is 17.1. The minimum absolute atomic E-state index is 0.00514. The van der Waals surface area contributed by atoms with Gasteiger partial charge in [-0.05, 0) is 242 Å². The number of ether oxygens (including phenoxy) is 4. The second kappa shape index (κ2) is 22.6. The van der Waals surface area contributed by atoms with E-state index >= 15 is 19.2 Å². The van der Waals surface area contributed by atoms with E-state index in [1.165, 1.54) is 5.57 Å². The van der Waals surface area contributed by atoms with Gasteiger partial charge in [-0.3, -0.25) is 38.4 Å². The molecule has 27 nitrogen and oxygen atoms in total. The van der Waals surface area contributed by atoms with Gasteiger partial charge in [-0.25, -0.2) is 0 Å². The highest BCUT2D eigenvalue weighted by molar-refractivity contribution is 6.10. The fourth-order valence-electron chi connectivity index (χ4n) is 35.8. The first kappa shape index (κ1) is 70.1. The van der Waals surface area contributed by atoms with Crippen LogP contribution in [0.5, 0.6) is 0 Å². The lowest BCUT2D eigenvalue weighted by atomic mass is 9.30. The molecule has 20 aliphatic carbocycles. The summed E-state index contributed by atoms with van der Waals surface area (Å²) in [5, 5.41) is 132. The van der Waals surface area contributed by atoms with Crippen LogP contribution in [-0.4, -0.2) is 231 Å². The van der Waals surface area contributed by atoms with Gasteiger partial charge < -0.3 is 96.2 Å². The molecule has 0 aliphatic heterocycles. The molecule has 35 unspecified atom stereocenters. The number of rotatable bonds is 30. The lowest BCUT2D eigenvalue weighted by molar-refractivity contribution is -0.260. The molecule has 35 atom stereocenters. The van der Waals surface area contributed by atoms with Crippen LogP contribution in [0.25, 0.3) is 0 Å². The van der Waals surface area contributed by atoms with Gasteiger partial charge in [-0.1, -0.05) is 23.8 Å². The number of aliphatic hydroxyl groups is 12. The average molecular weight is 1480 g/mol. The van der Waals surface area contributed by atoms with Gasteiger partial charge in [0.05, 0.1) is 79.3 Å². The van der Waals surface area contributed by atoms with Crippen LogP contribution in [0.3, 0.4) is 0 Å². The Labute approximate surface area is 612 Å². The number of carbonyl (C=O) groups excluding carboxylic acids is 8. The zero-order chi connectivity index (χ0) is 74.0. The van der Waals surface area contributed by atoms with Gasteiger partial charge in [-0.2, -0.15) is 0 Å². The summed E-state index contributed by atoms with van der Waals surface area (Å²) < 4.78 is 25.6. The Morgan fingerprint density at radius 2 is 0.943 bits per heavy atom. The average Bonchev–Trinajstić information content (AvgIpc) is 1.36. The van der Waals surface area contributed by atoms with Crippen molar-refractivity contribution in [1.82, 2.24) is 16.0 Å². The first-order valence-corrected chi connectivity index (χ1v) is 39.8. The van der Waals surface area contributed by atoms with E-state index in [0.29, 0.717) is 38.0 Å². The molecule has 578 valence electrons. The maximum atomic E-state index is 17.1. The van der Waals surface area contributed by atoms with E-state index < -0.39 is 214 Å². The molecule has 106 heavy (non-hydrogen) atoms. The Kier molecular flexibility index (Phi) is 15.0. The van der Waals surface area contributed by atoms with Gasteiger partial charge in [0.1, 0.15) is 23.2 Å². The summed E-state index contributed by atoms with van der Waals surface area (Å²) in [6.45, 7) is -11.9. The predicted molar refractivity (Wildman–Crippen MR) is 357 cm³/mol. The molecule has 0 bridgehead atoms. The molecular formula is C79H103N3O24. The van der Waals surface area contributed by atoms with Crippen molar-refractivity contribution < 1.29 is 119 Å². The van der Waals surface area contributed by atoms with Crippen molar-refractivity contribution in [3.8, 4) is 0 Å². The number of esters is 4. The summed E-state index contributed by atoms with van der Waals surface area (Å²) in [5.74, 6) is -4.96. The van der Waals surface area contributed by atoms with E-state index in [-0.39, 0.29) is 172 Å². The molecule has 0 aromatic heterocycles. The molecule has 15 N–H and O–H groups in total. The van der Waals surface area contributed by atoms with Gasteiger partial charge in [0.2, 0.25) is 0 Å². The van der Waals surface area contributed by atoms with Gasteiger partial charge in [0, 0.05) is 33.5 Å². The zero-order valence-corrected chi connectivity index (χ0v) is 59.7. The first-order valence-electron chi connectivity index (χ1n) is 39.8. The Balaban J connectivity index is 0.774. The molecule has 0 aromatic rings. The number of ketones is 1. The van der Waals surface area contributed by atoms with E-state index in [0.717, 1.165) is 25.7 Å². The van der Waals surface area contributed by atoms with Crippen LogP contribution in [0.1, 0.15) is 71.1 Å². The number of Topliss-reactive ketones (excluding diaryl/α,β-unsaturated/α-hetero) is 1. The highest BCUT2D eigenvalue weighted by atomic mass is 16.6. The van der Waals surface area contributed by atoms with Gasteiger partial charge >= 0.3 is 23.9 Å². The molecule has 18 saturated carbocycles. The van der Waals surface area contributed by atoms with Crippen molar-refractivity contribution >= 4 is 47.4 Å². The monoisotopic (exact) mass is 1480 g/mol. The molecule has 3 spiro atoms. The molecule has 20 aliphatic rings. The normalized spacial score (nSPS) is 49.0. The highest BCUT2D eigenvalue weighted by Crippen LogP contribution is 3.10. The summed E-state index contributed by atoms with van der Waals surface area (Å²) in [6, 6.07) is 0. The number of aliphatic hydroxyl groups excluding tert-OH is 12. The van der Waals surface area contributed by atoms with Crippen LogP contribution in [0.2, 0.25) is 0 Å². The van der Waals surface area contributed by atoms with Crippen LogP contribution >= 0.6 is 0 Å². The summed E-state index contributed by atoms with van der Waals surface area (Å²) in [4.78, 5) is 124. The minimum Gasteiger partial charge on any atom is -0.457 e. The third-order valence-electron chi connectivity index (χ3n) is 37.1. The van der Waals surface area contributed by atoms with E-state index in [2.05, 4.69) is 34.2 Å². The Bertz CT molecular complexity index is 3770.